The molecule has 27 heavy (non-hydrogen) atoms. The number of nitrogens with one attached hydrogen (secondary N) is 1. The normalized spacial score (nSPS) is 17.7. The zero-order valence-corrected chi connectivity index (χ0v) is 16.3. The Bertz CT molecular complexity index is 607. The number of aliphatic carboxylic acids is 2. The molecule has 2 atom stereocenters. The fraction of sp³-hybridized carbons (Fsp3) is 0.750. The highest BCUT2D eigenvalue weighted by Crippen LogP contribution is 2.27. The maximum absolute atomic E-state index is 11.6. The standard InChI is InChI=1S/C20H32N2O5/c1-13(2)10-16(19(23)24)22-17(20(25)26)11-15-12-27-18(21-15)9-8-14-6-4-3-5-7-14/h12-14,16-17,22H,3-11H2,1-2H3,(H,23,24)(H,25,26). The highest BCUT2D eigenvalue weighted by atomic mass is 16.4. The Morgan fingerprint density at radius 3 is 2.44 bits per heavy atom. The summed E-state index contributed by atoms with van der Waals surface area (Å²) in [7, 11) is 0. The van der Waals surface area contributed by atoms with Gasteiger partial charge in [-0.05, 0) is 24.7 Å². The number of nitrogens with zero attached hydrogens (tertiary/aromatic N) is 1. The van der Waals surface area contributed by atoms with E-state index in [0.717, 1.165) is 18.8 Å². The van der Waals surface area contributed by atoms with E-state index in [0.29, 0.717) is 18.0 Å². The van der Waals surface area contributed by atoms with Crippen LogP contribution in [0.5, 0.6) is 0 Å². The van der Waals surface area contributed by atoms with Crippen LogP contribution in [0.4, 0.5) is 0 Å². The van der Waals surface area contributed by atoms with Crippen LogP contribution < -0.4 is 5.32 Å². The van der Waals surface area contributed by atoms with E-state index in [1.165, 1.54) is 38.4 Å². The van der Waals surface area contributed by atoms with Gasteiger partial charge in [-0.15, -0.1) is 0 Å². The molecule has 1 aromatic rings. The van der Waals surface area contributed by atoms with Crippen LogP contribution in [0.15, 0.2) is 10.7 Å². The Labute approximate surface area is 160 Å². The average Bonchev–Trinajstić information content (AvgIpc) is 3.06. The zero-order valence-electron chi connectivity index (χ0n) is 16.3. The lowest BCUT2D eigenvalue weighted by molar-refractivity contribution is -0.142. The van der Waals surface area contributed by atoms with E-state index in [-0.39, 0.29) is 12.3 Å². The van der Waals surface area contributed by atoms with Crippen LogP contribution in [0.1, 0.15) is 70.4 Å². The number of oxazole rings is 1. The molecule has 1 aromatic heterocycles. The SMILES string of the molecule is CC(C)CC(NC(Cc1coc(CCC2CCCCC2)n1)C(=O)O)C(=O)O. The van der Waals surface area contributed by atoms with Gasteiger partial charge in [-0.25, -0.2) is 4.98 Å². The summed E-state index contributed by atoms with van der Waals surface area (Å²) in [6.07, 6.45) is 10.2. The van der Waals surface area contributed by atoms with Crippen molar-refractivity contribution < 1.29 is 24.2 Å². The molecule has 7 heteroatoms. The molecular weight excluding hydrogens is 348 g/mol. The van der Waals surface area contributed by atoms with E-state index in [1.54, 1.807) is 0 Å². The number of carboxylic acids is 2. The predicted molar refractivity (Wildman–Crippen MR) is 101 cm³/mol. The van der Waals surface area contributed by atoms with Crippen molar-refractivity contribution in [2.75, 3.05) is 0 Å². The predicted octanol–water partition coefficient (Wildman–Crippen LogP) is 3.27. The van der Waals surface area contributed by atoms with Gasteiger partial charge in [-0.3, -0.25) is 14.9 Å². The molecule has 3 N–H and O–H groups in total. The van der Waals surface area contributed by atoms with E-state index >= 15 is 0 Å². The first-order chi connectivity index (χ1) is 12.8. The minimum atomic E-state index is -1.09. The maximum atomic E-state index is 11.6. The number of hydrogen-bond acceptors (Lipinski definition) is 5. The lowest BCUT2D eigenvalue weighted by Crippen LogP contribution is -2.48. The average molecular weight is 380 g/mol. The molecule has 0 aromatic carbocycles. The van der Waals surface area contributed by atoms with Crippen molar-refractivity contribution in [3.05, 3.63) is 17.8 Å². The van der Waals surface area contributed by atoms with Gasteiger partial charge in [0.1, 0.15) is 18.3 Å². The van der Waals surface area contributed by atoms with E-state index < -0.39 is 24.0 Å². The number of carboxylic acid groups (broad SMARTS) is 2. The maximum Gasteiger partial charge on any atom is 0.321 e. The summed E-state index contributed by atoms with van der Waals surface area (Å²) < 4.78 is 5.51. The Morgan fingerprint density at radius 2 is 1.85 bits per heavy atom. The molecule has 2 rings (SSSR count). The summed E-state index contributed by atoms with van der Waals surface area (Å²) in [6, 6.07) is -1.91. The first-order valence-corrected chi connectivity index (χ1v) is 10.00. The van der Waals surface area contributed by atoms with Gasteiger partial charge in [0, 0.05) is 12.8 Å². The Kier molecular flexibility index (Phi) is 8.28. The first kappa shape index (κ1) is 21.4. The van der Waals surface area contributed by atoms with Gasteiger partial charge in [0.15, 0.2) is 5.89 Å². The van der Waals surface area contributed by atoms with Gasteiger partial charge in [0.25, 0.3) is 0 Å². The molecule has 0 amide bonds. The molecule has 7 nitrogen and oxygen atoms in total. The second-order valence-corrected chi connectivity index (χ2v) is 8.06. The van der Waals surface area contributed by atoms with E-state index in [4.69, 9.17) is 4.42 Å². The van der Waals surface area contributed by atoms with Gasteiger partial charge < -0.3 is 14.6 Å². The van der Waals surface area contributed by atoms with Crippen LogP contribution in [0.25, 0.3) is 0 Å². The minimum absolute atomic E-state index is 0.101. The van der Waals surface area contributed by atoms with Gasteiger partial charge in [0.05, 0.1) is 5.69 Å². The highest BCUT2D eigenvalue weighted by molar-refractivity contribution is 5.77. The van der Waals surface area contributed by atoms with Crippen molar-refractivity contribution in [3.8, 4) is 0 Å². The van der Waals surface area contributed by atoms with E-state index in [9.17, 15) is 19.8 Å². The summed E-state index contributed by atoms with van der Waals surface area (Å²) in [5.74, 6) is -0.613. The van der Waals surface area contributed by atoms with Crippen molar-refractivity contribution in [2.24, 2.45) is 11.8 Å². The largest absolute Gasteiger partial charge is 0.480 e. The monoisotopic (exact) mass is 380 g/mol. The summed E-state index contributed by atoms with van der Waals surface area (Å²) in [6.45, 7) is 3.81. The second-order valence-electron chi connectivity index (χ2n) is 8.06. The summed E-state index contributed by atoms with van der Waals surface area (Å²) in [5.41, 5.74) is 0.544. The number of aromatic nitrogens is 1. The Balaban J connectivity index is 1.90. The van der Waals surface area contributed by atoms with Gasteiger partial charge in [-0.2, -0.15) is 0 Å². The third-order valence-corrected chi connectivity index (χ3v) is 5.21. The van der Waals surface area contributed by atoms with Crippen LogP contribution in [0.3, 0.4) is 0 Å². The molecule has 1 fully saturated rings. The van der Waals surface area contributed by atoms with Crippen LogP contribution in [0, 0.1) is 11.8 Å². The third-order valence-electron chi connectivity index (χ3n) is 5.21. The van der Waals surface area contributed by atoms with Crippen LogP contribution in [-0.4, -0.2) is 39.2 Å². The van der Waals surface area contributed by atoms with Crippen LogP contribution >= 0.6 is 0 Å². The molecule has 0 spiro atoms. The molecule has 0 aliphatic heterocycles. The second kappa shape index (κ2) is 10.4. The quantitative estimate of drug-likeness (QED) is 0.540. The van der Waals surface area contributed by atoms with Crippen LogP contribution in [0.2, 0.25) is 0 Å². The van der Waals surface area contributed by atoms with Gasteiger partial charge >= 0.3 is 11.9 Å². The zero-order chi connectivity index (χ0) is 19.8. The fourth-order valence-electron chi connectivity index (χ4n) is 3.74. The molecule has 0 saturated heterocycles. The molecule has 0 bridgehead atoms. The smallest absolute Gasteiger partial charge is 0.321 e. The molecule has 152 valence electrons. The number of carbonyl (C=O) groups is 2. The van der Waals surface area contributed by atoms with Gasteiger partial charge in [0.2, 0.25) is 0 Å². The van der Waals surface area contributed by atoms with Gasteiger partial charge in [-0.1, -0.05) is 46.0 Å². The highest BCUT2D eigenvalue weighted by Gasteiger charge is 2.27. The number of aryl methyl sites for hydroxylation is 1. The lowest BCUT2D eigenvalue weighted by Gasteiger charge is -2.21. The van der Waals surface area contributed by atoms with Crippen molar-refractivity contribution >= 4 is 11.9 Å². The van der Waals surface area contributed by atoms with Crippen molar-refractivity contribution in [3.63, 3.8) is 0 Å². The Morgan fingerprint density at radius 1 is 1.19 bits per heavy atom. The molecule has 2 unspecified atom stereocenters. The van der Waals surface area contributed by atoms with E-state index in [2.05, 4.69) is 10.3 Å². The first-order valence-electron chi connectivity index (χ1n) is 10.00. The number of rotatable bonds is 11. The molecule has 1 saturated carbocycles. The van der Waals surface area contributed by atoms with Crippen molar-refractivity contribution in [1.82, 2.24) is 10.3 Å². The molecular formula is C20H32N2O5. The third kappa shape index (κ3) is 7.33. The summed E-state index contributed by atoms with van der Waals surface area (Å²) >= 11 is 0. The molecule has 1 heterocycles. The number of hydrogen-bond donors (Lipinski definition) is 3. The minimum Gasteiger partial charge on any atom is -0.480 e. The Hall–Kier alpha value is -1.89. The lowest BCUT2D eigenvalue weighted by atomic mass is 9.86. The topological polar surface area (TPSA) is 113 Å². The van der Waals surface area contributed by atoms with Crippen molar-refractivity contribution in [1.29, 1.82) is 0 Å². The van der Waals surface area contributed by atoms with Crippen LogP contribution in [-0.2, 0) is 22.4 Å². The molecule has 0 radical (unpaired) electrons. The van der Waals surface area contributed by atoms with E-state index in [1.807, 2.05) is 13.8 Å². The molecule has 1 aliphatic carbocycles. The summed E-state index contributed by atoms with van der Waals surface area (Å²) in [5, 5.41) is 21.5. The fourth-order valence-corrected chi connectivity index (χ4v) is 3.74. The summed E-state index contributed by atoms with van der Waals surface area (Å²) in [4.78, 5) is 27.4. The van der Waals surface area contributed by atoms with Crippen molar-refractivity contribution in [2.45, 2.75) is 83.7 Å². The molecule has 1 aliphatic rings.